The Balaban J connectivity index is 1.71. The lowest BCUT2D eigenvalue weighted by Gasteiger charge is -2.18. The average Bonchev–Trinajstić information content (AvgIpc) is 3.39. The first kappa shape index (κ1) is 33.8. The van der Waals surface area contributed by atoms with E-state index in [-0.39, 0.29) is 25.1 Å². The smallest absolute Gasteiger partial charge is 0.326 e. The second kappa shape index (κ2) is 16.8. The van der Waals surface area contributed by atoms with Crippen molar-refractivity contribution < 1.29 is 49.2 Å². The summed E-state index contributed by atoms with van der Waals surface area (Å²) in [7, 11) is 0. The maximum atomic E-state index is 12.1. The average molecular weight is 611 g/mol. The highest BCUT2D eigenvalue weighted by Crippen LogP contribution is 2.28. The van der Waals surface area contributed by atoms with Crippen LogP contribution in [0.25, 0.3) is 0 Å². The highest BCUT2D eigenvalue weighted by Gasteiger charge is 2.25. The van der Waals surface area contributed by atoms with Crippen molar-refractivity contribution in [2.45, 2.75) is 63.6 Å². The molecule has 1 aromatic carbocycles. The van der Waals surface area contributed by atoms with E-state index in [1.54, 1.807) is 10.9 Å². The molecule has 0 bridgehead atoms. The summed E-state index contributed by atoms with van der Waals surface area (Å²) in [5.74, 6) is -4.02. The van der Waals surface area contributed by atoms with Crippen molar-refractivity contribution >= 4 is 41.0 Å². The van der Waals surface area contributed by atoms with Gasteiger partial charge in [0.2, 0.25) is 0 Å². The number of amides is 2. The molecule has 0 aliphatic heterocycles. The number of anilines is 1. The summed E-state index contributed by atoms with van der Waals surface area (Å²) in [5, 5.41) is 61.4. The lowest BCUT2D eigenvalue weighted by atomic mass is 10.1. The molecule has 1 heterocycles. The van der Waals surface area contributed by atoms with Crippen LogP contribution in [-0.2, 0) is 32.2 Å². The van der Waals surface area contributed by atoms with Crippen molar-refractivity contribution in [3.05, 3.63) is 50.3 Å². The number of aliphatic carboxylic acids is 3. The van der Waals surface area contributed by atoms with Gasteiger partial charge in [-0.05, 0) is 44.6 Å². The SMILES string of the molecule is O=C(O)CC[C@H](NC(=O)N[C@@H](CCCCn1cc(CCCONc2ccc([N+](=O)[O-])cc2[N+](=O)[O-])nn1)C(=O)O)C(=O)O. The van der Waals surface area contributed by atoms with Crippen LogP contribution in [-0.4, -0.2) is 82.8 Å². The van der Waals surface area contributed by atoms with Gasteiger partial charge in [0, 0.05) is 25.2 Å². The molecule has 0 unspecified atom stereocenters. The Morgan fingerprint density at radius 3 is 2.23 bits per heavy atom. The van der Waals surface area contributed by atoms with Gasteiger partial charge in [-0.25, -0.2) is 14.4 Å². The summed E-state index contributed by atoms with van der Waals surface area (Å²) >= 11 is 0. The van der Waals surface area contributed by atoms with Crippen LogP contribution >= 0.6 is 0 Å². The maximum Gasteiger partial charge on any atom is 0.326 e. The lowest BCUT2D eigenvalue weighted by molar-refractivity contribution is -0.393. The largest absolute Gasteiger partial charge is 0.481 e. The molecule has 0 spiro atoms. The molecule has 234 valence electrons. The number of carboxylic acids is 3. The number of benzene rings is 1. The van der Waals surface area contributed by atoms with Gasteiger partial charge >= 0.3 is 29.6 Å². The number of unbranched alkanes of at least 4 members (excludes halogenated alkanes) is 1. The van der Waals surface area contributed by atoms with Gasteiger partial charge in [0.25, 0.3) is 5.69 Å². The molecule has 0 aliphatic rings. The van der Waals surface area contributed by atoms with Gasteiger partial charge < -0.3 is 26.0 Å². The number of rotatable bonds is 20. The van der Waals surface area contributed by atoms with Crippen molar-refractivity contribution in [1.82, 2.24) is 25.6 Å². The summed E-state index contributed by atoms with van der Waals surface area (Å²) < 4.78 is 1.55. The van der Waals surface area contributed by atoms with Crippen LogP contribution < -0.4 is 16.1 Å². The molecule has 0 saturated heterocycles. The molecule has 2 aromatic rings. The first-order valence-electron chi connectivity index (χ1n) is 12.8. The molecule has 0 aliphatic carbocycles. The number of nitro benzene ring substituents is 2. The van der Waals surface area contributed by atoms with Crippen LogP contribution in [0.5, 0.6) is 0 Å². The molecule has 2 amide bonds. The van der Waals surface area contributed by atoms with Gasteiger partial charge in [-0.15, -0.1) is 5.10 Å². The number of hydrogen-bond donors (Lipinski definition) is 6. The maximum absolute atomic E-state index is 12.1. The molecule has 1 aromatic heterocycles. The van der Waals surface area contributed by atoms with Gasteiger partial charge in [-0.2, -0.15) is 0 Å². The Labute approximate surface area is 242 Å². The quantitative estimate of drug-likeness (QED) is 0.0699. The molecule has 6 N–H and O–H groups in total. The van der Waals surface area contributed by atoms with Gasteiger partial charge in [0.15, 0.2) is 0 Å². The molecule has 0 radical (unpaired) electrons. The van der Waals surface area contributed by atoms with Gasteiger partial charge in [-0.3, -0.25) is 40.0 Å². The minimum absolute atomic E-state index is 0.0361. The first-order valence-corrected chi connectivity index (χ1v) is 12.8. The van der Waals surface area contributed by atoms with Gasteiger partial charge in [0.1, 0.15) is 17.8 Å². The number of nitrogens with one attached hydrogen (secondary N) is 3. The number of nitrogens with zero attached hydrogens (tertiary/aromatic N) is 5. The fraction of sp³-hybridized carbons (Fsp3) is 0.478. The van der Waals surface area contributed by atoms with E-state index in [1.165, 1.54) is 6.07 Å². The van der Waals surface area contributed by atoms with E-state index in [0.717, 1.165) is 12.1 Å². The third-order valence-corrected chi connectivity index (χ3v) is 5.82. The predicted molar refractivity (Wildman–Crippen MR) is 143 cm³/mol. The molecule has 43 heavy (non-hydrogen) atoms. The molecule has 0 fully saturated rings. The van der Waals surface area contributed by atoms with Crippen LogP contribution in [0.2, 0.25) is 0 Å². The summed E-state index contributed by atoms with van der Waals surface area (Å²) in [5.41, 5.74) is 2.07. The van der Waals surface area contributed by atoms with Crippen LogP contribution in [0.3, 0.4) is 0 Å². The molecule has 2 atom stereocenters. The standard InChI is InChI=1S/C23H30N8O12/c32-20(33)9-8-18(22(36)37)25-23(38)24-17(21(34)35)5-1-2-10-29-13-14(26-28-29)4-3-11-43-27-16-7-6-15(30(39)40)12-19(16)31(41)42/h6-7,12-13,17-18,27H,1-5,8-11H2,(H,32,33)(H,34,35)(H,36,37)(H2,24,25,38)/t17-,18-/m0/s1. The van der Waals surface area contributed by atoms with Crippen molar-refractivity contribution in [1.29, 1.82) is 0 Å². The van der Waals surface area contributed by atoms with Crippen LogP contribution in [0.4, 0.5) is 21.9 Å². The number of non-ortho nitro benzene ring substituents is 1. The van der Waals surface area contributed by atoms with E-state index in [1.807, 2.05) is 0 Å². The summed E-state index contributed by atoms with van der Waals surface area (Å²) in [6.45, 7) is 0.522. The lowest BCUT2D eigenvalue weighted by Crippen LogP contribution is -2.51. The van der Waals surface area contributed by atoms with E-state index in [4.69, 9.17) is 15.1 Å². The molecule has 20 heteroatoms. The van der Waals surface area contributed by atoms with Crippen molar-refractivity contribution in [3.63, 3.8) is 0 Å². The second-order valence-electron chi connectivity index (χ2n) is 9.07. The van der Waals surface area contributed by atoms with Crippen molar-refractivity contribution in [2.75, 3.05) is 12.1 Å². The first-order chi connectivity index (χ1) is 20.4. The van der Waals surface area contributed by atoms with Crippen LogP contribution in [0, 0.1) is 20.2 Å². The van der Waals surface area contributed by atoms with Crippen LogP contribution in [0.1, 0.15) is 44.2 Å². The van der Waals surface area contributed by atoms with Gasteiger partial charge in [0.05, 0.1) is 28.2 Å². The summed E-state index contributed by atoms with van der Waals surface area (Å²) in [4.78, 5) is 71.1. The van der Waals surface area contributed by atoms with E-state index in [9.17, 15) is 44.5 Å². The van der Waals surface area contributed by atoms with E-state index < -0.39 is 63.7 Å². The third kappa shape index (κ3) is 11.9. The fourth-order valence-corrected chi connectivity index (χ4v) is 3.65. The van der Waals surface area contributed by atoms with E-state index in [2.05, 4.69) is 26.4 Å². The number of urea groups is 1. The van der Waals surface area contributed by atoms with Crippen LogP contribution in [0.15, 0.2) is 24.4 Å². The topological polar surface area (TPSA) is 291 Å². The number of carbonyl (C=O) groups excluding carboxylic acids is 1. The zero-order chi connectivity index (χ0) is 31.9. The Morgan fingerprint density at radius 2 is 1.63 bits per heavy atom. The Kier molecular flexibility index (Phi) is 13.2. The molecule has 2 rings (SSSR count). The molecular weight excluding hydrogens is 580 g/mol. The number of carboxylic acid groups (broad SMARTS) is 3. The summed E-state index contributed by atoms with van der Waals surface area (Å²) in [6.07, 6.45) is 2.60. The second-order valence-corrected chi connectivity index (χ2v) is 9.07. The number of hydrogen-bond acceptors (Lipinski definition) is 12. The third-order valence-electron chi connectivity index (χ3n) is 5.82. The highest BCUT2D eigenvalue weighted by molar-refractivity contribution is 5.86. The molecule has 20 nitrogen and oxygen atoms in total. The number of aryl methyl sites for hydroxylation is 2. The minimum atomic E-state index is -1.49. The fourth-order valence-electron chi connectivity index (χ4n) is 3.65. The minimum Gasteiger partial charge on any atom is -0.481 e. The monoisotopic (exact) mass is 610 g/mol. The van der Waals surface area contributed by atoms with Crippen molar-refractivity contribution in [2.24, 2.45) is 0 Å². The summed E-state index contributed by atoms with van der Waals surface area (Å²) in [6, 6.07) is -0.742. The van der Waals surface area contributed by atoms with E-state index in [0.29, 0.717) is 37.9 Å². The molecular formula is C23H30N8O12. The Bertz CT molecular complexity index is 1320. The van der Waals surface area contributed by atoms with Crippen molar-refractivity contribution in [3.8, 4) is 0 Å². The van der Waals surface area contributed by atoms with E-state index >= 15 is 0 Å². The zero-order valence-corrected chi connectivity index (χ0v) is 22.6. The number of nitro groups is 2. The Morgan fingerprint density at radius 1 is 0.953 bits per heavy atom. The number of carbonyl (C=O) groups is 4. The molecule has 0 saturated carbocycles. The Hall–Kier alpha value is -5.40. The zero-order valence-electron chi connectivity index (χ0n) is 22.6. The predicted octanol–water partition coefficient (Wildman–Crippen LogP) is 1.31. The van der Waals surface area contributed by atoms with Gasteiger partial charge in [-0.1, -0.05) is 5.21 Å². The normalized spacial score (nSPS) is 12.1. The number of aromatic nitrogens is 3. The highest BCUT2D eigenvalue weighted by atomic mass is 16.6.